The van der Waals surface area contributed by atoms with Crippen LogP contribution in [0, 0.1) is 0 Å². The molecule has 0 N–H and O–H groups in total. The van der Waals surface area contributed by atoms with E-state index in [2.05, 4.69) is 10.2 Å². The monoisotopic (exact) mass is 279 g/mol. The van der Waals surface area contributed by atoms with E-state index in [1.807, 2.05) is 18.2 Å². The molecule has 21 heavy (non-hydrogen) atoms. The highest BCUT2D eigenvalue weighted by Crippen LogP contribution is 2.19. The standard InChI is InChI=1S/C16H13N3O2/c1-21-13-8-6-12(7-9-13)16(20)14-4-2-3-5-15(14)19-17-10-11-18-19/h2-11H,1H3. The number of methoxy groups -OCH3 is 1. The first-order valence-corrected chi connectivity index (χ1v) is 6.44. The molecule has 104 valence electrons. The molecule has 0 fully saturated rings. The van der Waals surface area contributed by atoms with Crippen molar-refractivity contribution in [2.45, 2.75) is 0 Å². The topological polar surface area (TPSA) is 57.0 Å². The number of ether oxygens (including phenoxy) is 1. The van der Waals surface area contributed by atoms with Crippen molar-refractivity contribution in [2.24, 2.45) is 0 Å². The summed E-state index contributed by atoms with van der Waals surface area (Å²) in [6, 6.07) is 14.3. The molecule has 5 nitrogen and oxygen atoms in total. The lowest BCUT2D eigenvalue weighted by Gasteiger charge is -2.08. The lowest BCUT2D eigenvalue weighted by atomic mass is 10.0. The Morgan fingerprint density at radius 2 is 1.67 bits per heavy atom. The molecule has 3 rings (SSSR count). The smallest absolute Gasteiger partial charge is 0.195 e. The van der Waals surface area contributed by atoms with Gasteiger partial charge >= 0.3 is 0 Å². The van der Waals surface area contributed by atoms with E-state index in [0.29, 0.717) is 22.6 Å². The molecule has 0 aliphatic carbocycles. The maximum absolute atomic E-state index is 12.7. The Morgan fingerprint density at radius 1 is 1.00 bits per heavy atom. The fourth-order valence-corrected chi connectivity index (χ4v) is 2.08. The fraction of sp³-hybridized carbons (Fsp3) is 0.0625. The summed E-state index contributed by atoms with van der Waals surface area (Å²) in [5.74, 6) is 0.638. The van der Waals surface area contributed by atoms with Crippen molar-refractivity contribution in [3.63, 3.8) is 0 Å². The normalized spacial score (nSPS) is 10.3. The van der Waals surface area contributed by atoms with Gasteiger partial charge in [-0.05, 0) is 36.4 Å². The molecule has 0 aliphatic heterocycles. The van der Waals surface area contributed by atoms with E-state index in [0.717, 1.165) is 0 Å². The minimum absolute atomic E-state index is 0.0782. The second-order valence-electron chi connectivity index (χ2n) is 4.39. The van der Waals surface area contributed by atoms with Gasteiger partial charge < -0.3 is 4.74 Å². The lowest BCUT2D eigenvalue weighted by Crippen LogP contribution is -2.09. The molecular weight excluding hydrogens is 266 g/mol. The molecule has 1 aromatic heterocycles. The van der Waals surface area contributed by atoms with Crippen molar-refractivity contribution in [1.82, 2.24) is 15.0 Å². The average Bonchev–Trinajstić information content (AvgIpc) is 3.08. The number of hydrogen-bond donors (Lipinski definition) is 0. The number of hydrogen-bond acceptors (Lipinski definition) is 4. The molecule has 1 heterocycles. The van der Waals surface area contributed by atoms with Crippen LogP contribution in [0.5, 0.6) is 5.75 Å². The highest BCUT2D eigenvalue weighted by molar-refractivity contribution is 6.11. The lowest BCUT2D eigenvalue weighted by molar-refractivity contribution is 0.103. The van der Waals surface area contributed by atoms with Gasteiger partial charge in [0, 0.05) is 5.56 Å². The molecule has 0 atom stereocenters. The Kier molecular flexibility index (Phi) is 3.47. The first kappa shape index (κ1) is 13.1. The van der Waals surface area contributed by atoms with Gasteiger partial charge in [-0.15, -0.1) is 0 Å². The Hall–Kier alpha value is -2.95. The predicted octanol–water partition coefficient (Wildman–Crippen LogP) is 2.51. The van der Waals surface area contributed by atoms with Gasteiger partial charge in [0.2, 0.25) is 0 Å². The fourth-order valence-electron chi connectivity index (χ4n) is 2.08. The molecular formula is C16H13N3O2. The number of carbonyl (C=O) groups is 1. The van der Waals surface area contributed by atoms with Gasteiger partial charge in [0.25, 0.3) is 0 Å². The Balaban J connectivity index is 2.02. The van der Waals surface area contributed by atoms with E-state index >= 15 is 0 Å². The van der Waals surface area contributed by atoms with Crippen LogP contribution in [0.4, 0.5) is 0 Å². The van der Waals surface area contributed by atoms with Gasteiger partial charge in [-0.3, -0.25) is 4.79 Å². The highest BCUT2D eigenvalue weighted by Gasteiger charge is 2.15. The van der Waals surface area contributed by atoms with Crippen LogP contribution in [0.25, 0.3) is 5.69 Å². The van der Waals surface area contributed by atoms with Crippen molar-refractivity contribution in [2.75, 3.05) is 7.11 Å². The molecule has 3 aromatic rings. The minimum Gasteiger partial charge on any atom is -0.497 e. The maximum Gasteiger partial charge on any atom is 0.195 e. The van der Waals surface area contributed by atoms with E-state index < -0.39 is 0 Å². The van der Waals surface area contributed by atoms with E-state index in [1.54, 1.807) is 49.8 Å². The quantitative estimate of drug-likeness (QED) is 0.688. The molecule has 0 aliphatic rings. The van der Waals surface area contributed by atoms with E-state index in [9.17, 15) is 4.79 Å². The van der Waals surface area contributed by atoms with E-state index in [-0.39, 0.29) is 5.78 Å². The van der Waals surface area contributed by atoms with Crippen molar-refractivity contribution in [1.29, 1.82) is 0 Å². The second-order valence-corrected chi connectivity index (χ2v) is 4.39. The largest absolute Gasteiger partial charge is 0.497 e. The van der Waals surface area contributed by atoms with Gasteiger partial charge in [-0.1, -0.05) is 12.1 Å². The van der Waals surface area contributed by atoms with Gasteiger partial charge in [-0.2, -0.15) is 15.0 Å². The molecule has 2 aromatic carbocycles. The molecule has 0 radical (unpaired) electrons. The van der Waals surface area contributed by atoms with E-state index in [4.69, 9.17) is 4.74 Å². The summed E-state index contributed by atoms with van der Waals surface area (Å²) < 4.78 is 5.10. The van der Waals surface area contributed by atoms with Gasteiger partial charge in [-0.25, -0.2) is 0 Å². The SMILES string of the molecule is COc1ccc(C(=O)c2ccccc2-n2nccn2)cc1. The van der Waals surface area contributed by atoms with Crippen molar-refractivity contribution in [3.05, 3.63) is 72.1 Å². The van der Waals surface area contributed by atoms with Crippen LogP contribution >= 0.6 is 0 Å². The summed E-state index contributed by atoms with van der Waals surface area (Å²) in [5.41, 5.74) is 1.80. The third kappa shape index (κ3) is 2.53. The number of carbonyl (C=O) groups excluding carboxylic acids is 1. The molecule has 0 saturated heterocycles. The number of ketones is 1. The molecule has 5 heteroatoms. The zero-order chi connectivity index (χ0) is 14.7. The van der Waals surface area contributed by atoms with Crippen molar-refractivity contribution in [3.8, 4) is 11.4 Å². The molecule has 0 spiro atoms. The Labute approximate surface area is 121 Å². The first-order valence-electron chi connectivity index (χ1n) is 6.44. The molecule has 0 amide bonds. The Bertz CT molecular complexity index is 749. The minimum atomic E-state index is -0.0782. The zero-order valence-corrected chi connectivity index (χ0v) is 11.4. The van der Waals surface area contributed by atoms with Crippen molar-refractivity contribution >= 4 is 5.78 Å². The van der Waals surface area contributed by atoms with Crippen LogP contribution in [0.2, 0.25) is 0 Å². The molecule has 0 saturated carbocycles. The van der Waals surface area contributed by atoms with Crippen LogP contribution in [0.1, 0.15) is 15.9 Å². The van der Waals surface area contributed by atoms with Gasteiger partial charge in [0.15, 0.2) is 5.78 Å². The average molecular weight is 279 g/mol. The third-order valence-electron chi connectivity index (χ3n) is 3.14. The zero-order valence-electron chi connectivity index (χ0n) is 11.4. The summed E-state index contributed by atoms with van der Waals surface area (Å²) in [6.45, 7) is 0. The molecule has 0 bridgehead atoms. The third-order valence-corrected chi connectivity index (χ3v) is 3.14. The number of rotatable bonds is 4. The van der Waals surface area contributed by atoms with Crippen LogP contribution in [-0.2, 0) is 0 Å². The number of nitrogens with zero attached hydrogens (tertiary/aromatic N) is 3. The second kappa shape index (κ2) is 5.58. The van der Waals surface area contributed by atoms with Crippen LogP contribution in [-0.4, -0.2) is 27.9 Å². The summed E-state index contributed by atoms with van der Waals surface area (Å²) in [7, 11) is 1.59. The Morgan fingerprint density at radius 3 is 2.33 bits per heavy atom. The highest BCUT2D eigenvalue weighted by atomic mass is 16.5. The van der Waals surface area contributed by atoms with E-state index in [1.165, 1.54) is 4.80 Å². The predicted molar refractivity (Wildman–Crippen MR) is 77.8 cm³/mol. The number of aromatic nitrogens is 3. The van der Waals surface area contributed by atoms with Crippen LogP contribution in [0.3, 0.4) is 0 Å². The maximum atomic E-state index is 12.7. The summed E-state index contributed by atoms with van der Waals surface area (Å²) in [5, 5.41) is 8.17. The first-order chi connectivity index (χ1) is 10.3. The number of benzene rings is 2. The summed E-state index contributed by atoms with van der Waals surface area (Å²) in [4.78, 5) is 14.1. The molecule has 0 unspecified atom stereocenters. The van der Waals surface area contributed by atoms with Crippen LogP contribution in [0.15, 0.2) is 60.9 Å². The summed E-state index contributed by atoms with van der Waals surface area (Å²) in [6.07, 6.45) is 3.16. The summed E-state index contributed by atoms with van der Waals surface area (Å²) >= 11 is 0. The van der Waals surface area contributed by atoms with Gasteiger partial charge in [0.05, 0.1) is 30.8 Å². The van der Waals surface area contributed by atoms with Crippen molar-refractivity contribution < 1.29 is 9.53 Å². The number of para-hydroxylation sites is 1. The van der Waals surface area contributed by atoms with Gasteiger partial charge in [0.1, 0.15) is 5.75 Å². The van der Waals surface area contributed by atoms with Crippen LogP contribution < -0.4 is 4.74 Å².